The van der Waals surface area contributed by atoms with Crippen LogP contribution in [0, 0.1) is 11.3 Å². The lowest BCUT2D eigenvalue weighted by Crippen LogP contribution is -2.49. The molecule has 0 bridgehead atoms. The molecule has 1 saturated carbocycles. The van der Waals surface area contributed by atoms with Gasteiger partial charge in [0.25, 0.3) is 5.91 Å². The molecule has 0 radical (unpaired) electrons. The second-order valence-electron chi connectivity index (χ2n) is 8.83. The quantitative estimate of drug-likeness (QED) is 0.622. The average Bonchev–Trinajstić information content (AvgIpc) is 3.63. The highest BCUT2D eigenvalue weighted by molar-refractivity contribution is 5.82. The minimum Gasteiger partial charge on any atom is -0.408 e. The van der Waals surface area contributed by atoms with E-state index in [0.29, 0.717) is 18.7 Å². The zero-order valence-corrected chi connectivity index (χ0v) is 18.5. The Hall–Kier alpha value is -3.41. The minimum atomic E-state index is -0.612. The summed E-state index contributed by atoms with van der Waals surface area (Å²) in [4.78, 5) is 24.5. The third-order valence-corrected chi connectivity index (χ3v) is 6.78. The molecule has 1 aliphatic heterocycles. The molecular weight excluding hydrogens is 420 g/mol. The largest absolute Gasteiger partial charge is 0.419 e. The molecule has 0 unspecified atom stereocenters. The molecule has 2 N–H and O–H groups in total. The maximum atomic E-state index is 12.7. The maximum Gasteiger partial charge on any atom is 0.419 e. The van der Waals surface area contributed by atoms with Crippen molar-refractivity contribution in [3.8, 4) is 17.2 Å². The number of hydrogen-bond acceptors (Lipinski definition) is 6. The molecule has 33 heavy (non-hydrogen) atoms. The van der Waals surface area contributed by atoms with Crippen molar-refractivity contribution in [1.29, 1.82) is 5.26 Å². The Labute approximate surface area is 191 Å². The van der Waals surface area contributed by atoms with E-state index in [-0.39, 0.29) is 17.1 Å². The van der Waals surface area contributed by atoms with Gasteiger partial charge in [-0.25, -0.2) is 4.79 Å². The Balaban J connectivity index is 1.35. The van der Waals surface area contributed by atoms with Crippen LogP contribution < -0.4 is 16.4 Å². The van der Waals surface area contributed by atoms with Crippen LogP contribution in [-0.4, -0.2) is 42.3 Å². The molecule has 8 nitrogen and oxygen atoms in total. The molecule has 5 rings (SSSR count). The van der Waals surface area contributed by atoms with Gasteiger partial charge >= 0.3 is 5.76 Å². The summed E-state index contributed by atoms with van der Waals surface area (Å²) in [6.07, 6.45) is 1.98. The van der Waals surface area contributed by atoms with Gasteiger partial charge in [-0.3, -0.25) is 9.36 Å². The first-order valence-electron chi connectivity index (χ1n) is 11.2. The molecular formula is C25H26N4O4. The maximum absolute atomic E-state index is 12.7. The van der Waals surface area contributed by atoms with Crippen LogP contribution in [0.2, 0.25) is 0 Å². The van der Waals surface area contributed by atoms with Gasteiger partial charge in [-0.15, -0.1) is 0 Å². The van der Waals surface area contributed by atoms with Gasteiger partial charge in [-0.2, -0.15) is 5.26 Å². The number of carbonyl (C=O) groups is 1. The van der Waals surface area contributed by atoms with Crippen LogP contribution in [0.15, 0.2) is 51.7 Å². The van der Waals surface area contributed by atoms with Gasteiger partial charge < -0.3 is 19.8 Å². The number of carbonyl (C=O) groups excluding carboxylic acids is 1. The van der Waals surface area contributed by atoms with Crippen LogP contribution in [0.25, 0.3) is 22.2 Å². The first kappa shape index (κ1) is 21.4. The van der Waals surface area contributed by atoms with Gasteiger partial charge in [-0.05, 0) is 54.6 Å². The highest BCUT2D eigenvalue weighted by Crippen LogP contribution is 2.51. The van der Waals surface area contributed by atoms with Crippen LogP contribution >= 0.6 is 0 Å². The van der Waals surface area contributed by atoms with Gasteiger partial charge in [0.05, 0.1) is 11.6 Å². The predicted molar refractivity (Wildman–Crippen MR) is 123 cm³/mol. The van der Waals surface area contributed by atoms with Crippen LogP contribution in [0.1, 0.15) is 24.8 Å². The Morgan fingerprint density at radius 3 is 2.73 bits per heavy atom. The lowest BCUT2D eigenvalue weighted by Gasteiger charge is -2.25. The second-order valence-corrected chi connectivity index (χ2v) is 8.83. The molecule has 1 aromatic heterocycles. The van der Waals surface area contributed by atoms with E-state index in [1.165, 1.54) is 4.57 Å². The Kier molecular flexibility index (Phi) is 5.52. The number of fused-ring (bicyclic) bond motifs is 1. The molecule has 2 fully saturated rings. The number of ether oxygens (including phenoxy) is 1. The Bertz CT molecular complexity index is 1270. The molecule has 0 spiro atoms. The number of benzene rings is 2. The monoisotopic (exact) mass is 446 g/mol. The van der Waals surface area contributed by atoms with Crippen LogP contribution in [-0.2, 0) is 22.0 Å². The summed E-state index contributed by atoms with van der Waals surface area (Å²) in [7, 11) is 1.68. The first-order valence-corrected chi connectivity index (χ1v) is 11.2. The van der Waals surface area contributed by atoms with E-state index in [0.717, 1.165) is 48.0 Å². The second kappa shape index (κ2) is 8.50. The van der Waals surface area contributed by atoms with E-state index in [4.69, 9.17) is 9.15 Å². The van der Waals surface area contributed by atoms with Crippen LogP contribution in [0.5, 0.6) is 0 Å². The molecule has 3 aromatic rings. The number of nitriles is 1. The topological polar surface area (TPSA) is 109 Å². The summed E-state index contributed by atoms with van der Waals surface area (Å²) in [5.41, 5.74) is 3.93. The molecule has 2 aromatic carbocycles. The van der Waals surface area contributed by atoms with E-state index < -0.39 is 12.1 Å². The number of aryl methyl sites for hydroxylation is 1. The minimum absolute atomic E-state index is 0.238. The molecule has 8 heteroatoms. The Morgan fingerprint density at radius 2 is 2.00 bits per heavy atom. The van der Waals surface area contributed by atoms with E-state index in [1.54, 1.807) is 13.1 Å². The molecule has 1 amide bonds. The van der Waals surface area contributed by atoms with E-state index >= 15 is 0 Å². The SMILES string of the molecule is Cn1c(=O)oc2ccc(-c3ccc(C4([C@@H](C#N)NC(=O)[C@@H]5CNCCCO5)CC4)cc3)cc21. The van der Waals surface area contributed by atoms with Crippen molar-refractivity contribution in [3.05, 3.63) is 58.6 Å². The normalized spacial score (nSPS) is 20.5. The van der Waals surface area contributed by atoms with E-state index in [9.17, 15) is 14.9 Å². The fourth-order valence-corrected chi connectivity index (χ4v) is 4.59. The van der Waals surface area contributed by atoms with E-state index in [1.807, 2.05) is 36.4 Å². The van der Waals surface area contributed by atoms with Gasteiger partial charge in [0.1, 0.15) is 12.1 Å². The van der Waals surface area contributed by atoms with Crippen molar-refractivity contribution in [2.24, 2.45) is 7.05 Å². The number of oxazole rings is 1. The zero-order valence-electron chi connectivity index (χ0n) is 18.5. The highest BCUT2D eigenvalue weighted by Gasteiger charge is 2.52. The smallest absolute Gasteiger partial charge is 0.408 e. The average molecular weight is 447 g/mol. The number of nitrogens with one attached hydrogen (secondary N) is 2. The lowest BCUT2D eigenvalue weighted by atomic mass is 9.87. The summed E-state index contributed by atoms with van der Waals surface area (Å²) in [6, 6.07) is 15.4. The van der Waals surface area contributed by atoms with Gasteiger partial charge in [0.15, 0.2) is 5.58 Å². The summed E-state index contributed by atoms with van der Waals surface area (Å²) in [5.74, 6) is -0.624. The Morgan fingerprint density at radius 1 is 1.24 bits per heavy atom. The van der Waals surface area contributed by atoms with Crippen molar-refractivity contribution in [2.45, 2.75) is 36.8 Å². The molecule has 1 aliphatic carbocycles. The molecule has 2 heterocycles. The third-order valence-electron chi connectivity index (χ3n) is 6.78. The van der Waals surface area contributed by atoms with Crippen molar-refractivity contribution < 1.29 is 13.9 Å². The highest BCUT2D eigenvalue weighted by atomic mass is 16.5. The molecule has 2 atom stereocenters. The predicted octanol–water partition coefficient (Wildman–Crippen LogP) is 2.22. The van der Waals surface area contributed by atoms with Gasteiger partial charge in [0.2, 0.25) is 0 Å². The van der Waals surface area contributed by atoms with Crippen LogP contribution in [0.4, 0.5) is 0 Å². The van der Waals surface area contributed by atoms with Crippen molar-refractivity contribution in [3.63, 3.8) is 0 Å². The fraction of sp³-hybridized carbons (Fsp3) is 0.400. The van der Waals surface area contributed by atoms with Crippen molar-refractivity contribution in [2.75, 3.05) is 19.7 Å². The fourth-order valence-electron chi connectivity index (χ4n) is 4.59. The molecule has 2 aliphatic rings. The number of aromatic nitrogens is 1. The number of hydrogen-bond donors (Lipinski definition) is 2. The van der Waals surface area contributed by atoms with Crippen LogP contribution in [0.3, 0.4) is 0 Å². The number of rotatable bonds is 5. The molecule has 170 valence electrons. The summed E-state index contributed by atoms with van der Waals surface area (Å²) < 4.78 is 12.3. The zero-order chi connectivity index (χ0) is 23.0. The van der Waals surface area contributed by atoms with Gasteiger partial charge in [0, 0.05) is 25.6 Å². The lowest BCUT2D eigenvalue weighted by molar-refractivity contribution is -0.132. The number of nitrogens with zero attached hydrogens (tertiary/aromatic N) is 2. The summed E-state index contributed by atoms with van der Waals surface area (Å²) >= 11 is 0. The third kappa shape index (κ3) is 3.94. The number of amides is 1. The summed E-state index contributed by atoms with van der Waals surface area (Å²) in [6.45, 7) is 1.82. The first-order chi connectivity index (χ1) is 16.0. The standard InChI is InChI=1S/C25H26N4O4/c1-29-19-13-17(5-8-20(19)33-24(29)31)16-3-6-18(7-4-16)25(9-10-25)22(14-26)28-23(30)21-15-27-11-2-12-32-21/h3-8,13,21-22,27H,2,9-12,15H2,1H3,(H,28,30)/t21-,22+/m0/s1. The summed E-state index contributed by atoms with van der Waals surface area (Å²) in [5, 5.41) is 16.0. The molecule has 1 saturated heterocycles. The van der Waals surface area contributed by atoms with Crippen molar-refractivity contribution in [1.82, 2.24) is 15.2 Å². The van der Waals surface area contributed by atoms with Crippen molar-refractivity contribution >= 4 is 17.0 Å². The van der Waals surface area contributed by atoms with E-state index in [2.05, 4.69) is 16.7 Å². The van der Waals surface area contributed by atoms with Gasteiger partial charge in [-0.1, -0.05) is 30.3 Å².